The van der Waals surface area contributed by atoms with Crippen molar-refractivity contribution in [1.82, 2.24) is 4.98 Å². The summed E-state index contributed by atoms with van der Waals surface area (Å²) in [4.78, 5) is 3.95. The first-order valence-electron chi connectivity index (χ1n) is 4.81. The standard InChI is InChI=1S/C12H8ClF2NO/c13-11-4-3-9(17-12(14)15)6-10(11)8-2-1-5-16-7-8/h1-7,12H. The molecule has 0 bridgehead atoms. The first-order chi connectivity index (χ1) is 8.16. The van der Waals surface area contributed by atoms with E-state index in [0.29, 0.717) is 10.6 Å². The number of ether oxygens (including phenoxy) is 1. The molecule has 2 aromatic rings. The van der Waals surface area contributed by atoms with Crippen LogP contribution < -0.4 is 4.74 Å². The third kappa shape index (κ3) is 2.91. The lowest BCUT2D eigenvalue weighted by Gasteiger charge is -2.08. The summed E-state index contributed by atoms with van der Waals surface area (Å²) in [6.45, 7) is -2.85. The molecule has 0 amide bonds. The van der Waals surface area contributed by atoms with Gasteiger partial charge < -0.3 is 4.74 Å². The molecule has 0 unspecified atom stereocenters. The average Bonchev–Trinajstić information content (AvgIpc) is 2.32. The molecule has 0 aliphatic rings. The maximum atomic E-state index is 12.1. The van der Waals surface area contributed by atoms with Gasteiger partial charge in [-0.3, -0.25) is 4.98 Å². The molecule has 0 atom stereocenters. The van der Waals surface area contributed by atoms with Gasteiger partial charge in [-0.25, -0.2) is 0 Å². The molecular formula is C12H8ClF2NO. The van der Waals surface area contributed by atoms with Crippen molar-refractivity contribution in [2.75, 3.05) is 0 Å². The fourth-order valence-corrected chi connectivity index (χ4v) is 1.65. The monoisotopic (exact) mass is 255 g/mol. The number of halogens is 3. The summed E-state index contributed by atoms with van der Waals surface area (Å²) in [5.41, 5.74) is 1.36. The predicted octanol–water partition coefficient (Wildman–Crippen LogP) is 4.00. The van der Waals surface area contributed by atoms with E-state index in [-0.39, 0.29) is 5.75 Å². The van der Waals surface area contributed by atoms with E-state index in [1.165, 1.54) is 18.2 Å². The molecule has 88 valence electrons. The molecule has 17 heavy (non-hydrogen) atoms. The number of rotatable bonds is 3. The number of pyridine rings is 1. The maximum absolute atomic E-state index is 12.1. The summed E-state index contributed by atoms with van der Waals surface area (Å²) < 4.78 is 28.5. The van der Waals surface area contributed by atoms with Crippen LogP contribution in [0.4, 0.5) is 8.78 Å². The van der Waals surface area contributed by atoms with Crippen molar-refractivity contribution < 1.29 is 13.5 Å². The van der Waals surface area contributed by atoms with Gasteiger partial charge in [-0.05, 0) is 24.3 Å². The normalized spacial score (nSPS) is 10.6. The summed E-state index contributed by atoms with van der Waals surface area (Å²) in [6.07, 6.45) is 3.23. The smallest absolute Gasteiger partial charge is 0.387 e. The summed E-state index contributed by atoms with van der Waals surface area (Å²) in [5.74, 6) is 0.0725. The highest BCUT2D eigenvalue weighted by atomic mass is 35.5. The van der Waals surface area contributed by atoms with Crippen molar-refractivity contribution in [3.63, 3.8) is 0 Å². The van der Waals surface area contributed by atoms with Crippen LogP contribution in [0.15, 0.2) is 42.7 Å². The summed E-state index contributed by atoms with van der Waals surface area (Å²) in [7, 11) is 0. The van der Waals surface area contributed by atoms with Crippen molar-refractivity contribution in [3.05, 3.63) is 47.7 Å². The summed E-state index contributed by atoms with van der Waals surface area (Å²) in [6, 6.07) is 7.91. The van der Waals surface area contributed by atoms with Crippen LogP contribution in [0.2, 0.25) is 5.02 Å². The van der Waals surface area contributed by atoms with Gasteiger partial charge in [-0.15, -0.1) is 0 Å². The zero-order chi connectivity index (χ0) is 12.3. The molecule has 0 N–H and O–H groups in total. The van der Waals surface area contributed by atoms with Crippen LogP contribution in [0.1, 0.15) is 0 Å². The lowest BCUT2D eigenvalue weighted by atomic mass is 10.1. The SMILES string of the molecule is FC(F)Oc1ccc(Cl)c(-c2cccnc2)c1. The third-order valence-electron chi connectivity index (χ3n) is 2.14. The molecule has 0 spiro atoms. The quantitative estimate of drug-likeness (QED) is 0.827. The van der Waals surface area contributed by atoms with Crippen LogP contribution in [-0.4, -0.2) is 11.6 Å². The number of hydrogen-bond donors (Lipinski definition) is 0. The highest BCUT2D eigenvalue weighted by Crippen LogP contribution is 2.31. The molecule has 2 rings (SSSR count). The summed E-state index contributed by atoms with van der Waals surface area (Å²) >= 11 is 6.00. The molecule has 0 fully saturated rings. The van der Waals surface area contributed by atoms with E-state index >= 15 is 0 Å². The van der Waals surface area contributed by atoms with Crippen molar-refractivity contribution >= 4 is 11.6 Å². The number of aromatic nitrogens is 1. The van der Waals surface area contributed by atoms with Crippen molar-refractivity contribution in [1.29, 1.82) is 0 Å². The number of hydrogen-bond acceptors (Lipinski definition) is 2. The van der Waals surface area contributed by atoms with E-state index in [1.54, 1.807) is 24.5 Å². The van der Waals surface area contributed by atoms with Crippen LogP contribution in [-0.2, 0) is 0 Å². The van der Waals surface area contributed by atoms with Crippen LogP contribution in [0.5, 0.6) is 5.75 Å². The Morgan fingerprint density at radius 2 is 2.06 bits per heavy atom. The molecule has 0 aliphatic heterocycles. The van der Waals surface area contributed by atoms with Crippen LogP contribution >= 0.6 is 11.6 Å². The highest BCUT2D eigenvalue weighted by Gasteiger charge is 2.09. The zero-order valence-corrected chi connectivity index (χ0v) is 9.36. The first-order valence-corrected chi connectivity index (χ1v) is 5.19. The van der Waals surface area contributed by atoms with Crippen LogP contribution in [0.25, 0.3) is 11.1 Å². The fraction of sp³-hybridized carbons (Fsp3) is 0.0833. The second kappa shape index (κ2) is 5.10. The van der Waals surface area contributed by atoms with E-state index in [1.807, 2.05) is 0 Å². The molecule has 5 heteroatoms. The zero-order valence-electron chi connectivity index (χ0n) is 8.61. The first kappa shape index (κ1) is 11.8. The van der Waals surface area contributed by atoms with Gasteiger partial charge >= 0.3 is 6.61 Å². The Labute approximate surface area is 102 Å². The Kier molecular flexibility index (Phi) is 3.54. The van der Waals surface area contributed by atoms with Gasteiger partial charge in [0.15, 0.2) is 0 Å². The maximum Gasteiger partial charge on any atom is 0.387 e. The number of benzene rings is 1. The summed E-state index contributed by atoms with van der Waals surface area (Å²) in [5, 5.41) is 0.458. The van der Waals surface area contributed by atoms with Gasteiger partial charge in [0.2, 0.25) is 0 Å². The average molecular weight is 256 g/mol. The van der Waals surface area contributed by atoms with E-state index in [2.05, 4.69) is 9.72 Å². The Morgan fingerprint density at radius 3 is 2.71 bits per heavy atom. The van der Waals surface area contributed by atoms with Crippen molar-refractivity contribution in [2.24, 2.45) is 0 Å². The second-order valence-electron chi connectivity index (χ2n) is 3.26. The Hall–Kier alpha value is -1.68. The molecule has 1 heterocycles. The molecule has 2 nitrogen and oxygen atoms in total. The van der Waals surface area contributed by atoms with E-state index in [9.17, 15) is 8.78 Å². The van der Waals surface area contributed by atoms with Crippen molar-refractivity contribution in [2.45, 2.75) is 6.61 Å². The molecule has 0 saturated carbocycles. The minimum Gasteiger partial charge on any atom is -0.435 e. The number of nitrogens with zero attached hydrogens (tertiary/aromatic N) is 1. The van der Waals surface area contributed by atoms with Gasteiger partial charge in [0.1, 0.15) is 5.75 Å². The van der Waals surface area contributed by atoms with E-state index in [4.69, 9.17) is 11.6 Å². The highest BCUT2D eigenvalue weighted by molar-refractivity contribution is 6.33. The van der Waals surface area contributed by atoms with Gasteiger partial charge in [-0.2, -0.15) is 8.78 Å². The minimum absolute atomic E-state index is 0.0725. The fourth-order valence-electron chi connectivity index (χ4n) is 1.42. The van der Waals surface area contributed by atoms with E-state index in [0.717, 1.165) is 5.56 Å². The molecule has 0 radical (unpaired) electrons. The number of alkyl halides is 2. The van der Waals surface area contributed by atoms with Gasteiger partial charge in [0.05, 0.1) is 0 Å². The Morgan fingerprint density at radius 1 is 1.24 bits per heavy atom. The Balaban J connectivity index is 2.40. The minimum atomic E-state index is -2.85. The van der Waals surface area contributed by atoms with Gasteiger partial charge in [-0.1, -0.05) is 17.7 Å². The molecule has 1 aromatic carbocycles. The van der Waals surface area contributed by atoms with Gasteiger partial charge in [0.25, 0.3) is 0 Å². The molecule has 0 saturated heterocycles. The van der Waals surface area contributed by atoms with Gasteiger partial charge in [0, 0.05) is 28.5 Å². The molecular weight excluding hydrogens is 248 g/mol. The predicted molar refractivity (Wildman–Crippen MR) is 61.3 cm³/mol. The molecule has 0 aliphatic carbocycles. The second-order valence-corrected chi connectivity index (χ2v) is 3.67. The van der Waals surface area contributed by atoms with E-state index < -0.39 is 6.61 Å². The topological polar surface area (TPSA) is 22.1 Å². The Bertz CT molecular complexity index is 505. The van der Waals surface area contributed by atoms with Crippen LogP contribution in [0, 0.1) is 0 Å². The lowest BCUT2D eigenvalue weighted by Crippen LogP contribution is -2.01. The lowest BCUT2D eigenvalue weighted by molar-refractivity contribution is -0.0498. The third-order valence-corrected chi connectivity index (χ3v) is 2.47. The largest absolute Gasteiger partial charge is 0.435 e. The van der Waals surface area contributed by atoms with Crippen molar-refractivity contribution in [3.8, 4) is 16.9 Å². The van der Waals surface area contributed by atoms with Crippen LogP contribution in [0.3, 0.4) is 0 Å². The molecule has 1 aromatic heterocycles.